The molecule has 3 aliphatic heterocycles. The Morgan fingerprint density at radius 2 is 2.19 bits per heavy atom. The van der Waals surface area contributed by atoms with Crippen LogP contribution in [0, 0.1) is 5.92 Å². The first kappa shape index (κ1) is 17.7. The van der Waals surface area contributed by atoms with Crippen LogP contribution in [0.4, 0.5) is 0 Å². The summed E-state index contributed by atoms with van der Waals surface area (Å²) in [6.07, 6.45) is 5.19. The van der Waals surface area contributed by atoms with E-state index in [1.165, 1.54) is 19.4 Å². The molecule has 7 heteroatoms. The van der Waals surface area contributed by atoms with Crippen LogP contribution in [0.3, 0.4) is 0 Å². The first-order valence-corrected chi connectivity index (χ1v) is 9.24. The van der Waals surface area contributed by atoms with E-state index in [1.54, 1.807) is 0 Å². The summed E-state index contributed by atoms with van der Waals surface area (Å²) in [5.74, 6) is 0.357. The van der Waals surface area contributed by atoms with E-state index in [2.05, 4.69) is 9.88 Å². The topological polar surface area (TPSA) is 75.9 Å². The highest BCUT2D eigenvalue weighted by Crippen LogP contribution is 2.29. The molecule has 3 fully saturated rings. The standard InChI is InChI=1S/C20H23N3O4/c1-26-19-13-27-18(8-17(19)24)20(25)23-10-14-5-6-16(12-23)22(9-14)11-15-4-2-3-7-21-15/h2-4,7-8,13-14,16H,5-6,9-12H2,1H3/t14-,16-/m0/s1. The Balaban J connectivity index is 1.50. The fraction of sp³-hybridized carbons (Fsp3) is 0.450. The van der Waals surface area contributed by atoms with Gasteiger partial charge in [0, 0.05) is 44.5 Å². The molecule has 7 nitrogen and oxygen atoms in total. The van der Waals surface area contributed by atoms with Gasteiger partial charge >= 0.3 is 0 Å². The zero-order chi connectivity index (χ0) is 18.8. The number of fused-ring (bicyclic) bond motifs is 4. The van der Waals surface area contributed by atoms with Gasteiger partial charge in [-0.2, -0.15) is 0 Å². The van der Waals surface area contributed by atoms with E-state index in [1.807, 2.05) is 29.3 Å². The van der Waals surface area contributed by atoms with Crippen molar-refractivity contribution >= 4 is 5.91 Å². The number of carbonyl (C=O) groups excluding carboxylic acids is 1. The van der Waals surface area contributed by atoms with Crippen LogP contribution >= 0.6 is 0 Å². The molecule has 0 N–H and O–H groups in total. The average molecular weight is 369 g/mol. The third-order valence-electron chi connectivity index (χ3n) is 5.43. The number of ether oxygens (including phenoxy) is 1. The number of nitrogens with zero attached hydrogens (tertiary/aromatic N) is 3. The molecular weight excluding hydrogens is 346 g/mol. The number of methoxy groups -OCH3 is 1. The van der Waals surface area contributed by atoms with E-state index < -0.39 is 0 Å². The van der Waals surface area contributed by atoms with Crippen molar-refractivity contribution in [1.82, 2.24) is 14.8 Å². The lowest BCUT2D eigenvalue weighted by Crippen LogP contribution is -2.44. The molecule has 0 spiro atoms. The normalized spacial score (nSPS) is 22.5. The Morgan fingerprint density at radius 3 is 2.93 bits per heavy atom. The molecule has 0 saturated carbocycles. The lowest BCUT2D eigenvalue weighted by Gasteiger charge is -2.35. The quantitative estimate of drug-likeness (QED) is 0.818. The second-order valence-corrected chi connectivity index (χ2v) is 7.23. The molecule has 0 aliphatic carbocycles. The minimum absolute atomic E-state index is 0.0679. The summed E-state index contributed by atoms with van der Waals surface area (Å²) in [6.45, 7) is 3.07. The van der Waals surface area contributed by atoms with Gasteiger partial charge in [-0.25, -0.2) is 0 Å². The van der Waals surface area contributed by atoms with E-state index in [9.17, 15) is 9.59 Å². The summed E-state index contributed by atoms with van der Waals surface area (Å²) in [5.41, 5.74) is 0.700. The number of hydrogen-bond donors (Lipinski definition) is 0. The molecule has 1 amide bonds. The molecule has 2 bridgehead atoms. The molecule has 0 unspecified atom stereocenters. The lowest BCUT2D eigenvalue weighted by molar-refractivity contribution is 0.0700. The average Bonchev–Trinajstić information content (AvgIpc) is 3.00. The largest absolute Gasteiger partial charge is 0.490 e. The van der Waals surface area contributed by atoms with Crippen molar-refractivity contribution in [1.29, 1.82) is 0 Å². The summed E-state index contributed by atoms with van der Waals surface area (Å²) < 4.78 is 10.3. The van der Waals surface area contributed by atoms with Crippen molar-refractivity contribution < 1.29 is 13.9 Å². The summed E-state index contributed by atoms with van der Waals surface area (Å²) in [7, 11) is 1.40. The van der Waals surface area contributed by atoms with Gasteiger partial charge in [0.25, 0.3) is 5.91 Å². The predicted molar refractivity (Wildman–Crippen MR) is 98.6 cm³/mol. The highest BCUT2D eigenvalue weighted by atomic mass is 16.5. The van der Waals surface area contributed by atoms with E-state index in [4.69, 9.17) is 9.15 Å². The van der Waals surface area contributed by atoms with Crippen LogP contribution in [-0.4, -0.2) is 53.5 Å². The monoisotopic (exact) mass is 369 g/mol. The van der Waals surface area contributed by atoms with Gasteiger partial charge in [-0.3, -0.25) is 19.5 Å². The van der Waals surface area contributed by atoms with Gasteiger partial charge in [-0.05, 0) is 30.9 Å². The number of pyridine rings is 1. The van der Waals surface area contributed by atoms with Gasteiger partial charge in [0.15, 0.2) is 5.76 Å². The predicted octanol–water partition coefficient (Wildman–Crippen LogP) is 1.78. The summed E-state index contributed by atoms with van der Waals surface area (Å²) in [5, 5.41) is 0. The second kappa shape index (κ2) is 7.52. The van der Waals surface area contributed by atoms with Gasteiger partial charge in [-0.15, -0.1) is 0 Å². The molecule has 2 aromatic heterocycles. The Kier molecular flexibility index (Phi) is 4.94. The summed E-state index contributed by atoms with van der Waals surface area (Å²) in [4.78, 5) is 33.5. The van der Waals surface area contributed by atoms with Crippen LogP contribution in [-0.2, 0) is 6.54 Å². The molecule has 0 radical (unpaired) electrons. The van der Waals surface area contributed by atoms with Gasteiger partial charge in [0.2, 0.25) is 11.2 Å². The smallest absolute Gasteiger partial charge is 0.289 e. The first-order valence-electron chi connectivity index (χ1n) is 9.24. The lowest BCUT2D eigenvalue weighted by atomic mass is 9.95. The highest BCUT2D eigenvalue weighted by Gasteiger charge is 2.37. The van der Waals surface area contributed by atoms with Crippen LogP contribution in [0.5, 0.6) is 5.75 Å². The van der Waals surface area contributed by atoms with E-state index in [-0.39, 0.29) is 22.8 Å². The van der Waals surface area contributed by atoms with Crippen molar-refractivity contribution in [2.24, 2.45) is 5.92 Å². The molecule has 2 aromatic rings. The van der Waals surface area contributed by atoms with Crippen LogP contribution in [0.2, 0.25) is 0 Å². The summed E-state index contributed by atoms with van der Waals surface area (Å²) >= 11 is 0. The maximum atomic E-state index is 12.9. The van der Waals surface area contributed by atoms with Crippen molar-refractivity contribution in [3.05, 3.63) is 58.4 Å². The summed E-state index contributed by atoms with van der Waals surface area (Å²) in [6, 6.07) is 7.47. The molecule has 142 valence electrons. The van der Waals surface area contributed by atoms with Gasteiger partial charge in [0.1, 0.15) is 6.26 Å². The Bertz CT molecular complexity index is 867. The third kappa shape index (κ3) is 3.73. The highest BCUT2D eigenvalue weighted by molar-refractivity contribution is 5.91. The Morgan fingerprint density at radius 1 is 1.30 bits per heavy atom. The number of rotatable bonds is 4. The van der Waals surface area contributed by atoms with Crippen molar-refractivity contribution in [3.8, 4) is 5.75 Å². The van der Waals surface area contributed by atoms with Crippen LogP contribution in [0.15, 0.2) is 45.9 Å². The SMILES string of the molecule is COc1coc(C(=O)N2C[C@H]3CC[C@@H](C2)N(Cc2ccccn2)C3)cc1=O. The van der Waals surface area contributed by atoms with E-state index >= 15 is 0 Å². The molecule has 3 aliphatic rings. The maximum Gasteiger partial charge on any atom is 0.289 e. The molecule has 2 atom stereocenters. The first-order chi connectivity index (χ1) is 13.1. The van der Waals surface area contributed by atoms with E-state index in [0.29, 0.717) is 25.0 Å². The van der Waals surface area contributed by atoms with Crippen LogP contribution in [0.25, 0.3) is 0 Å². The van der Waals surface area contributed by atoms with Gasteiger partial charge < -0.3 is 14.1 Å². The number of amides is 1. The minimum atomic E-state index is -0.346. The van der Waals surface area contributed by atoms with Crippen molar-refractivity contribution in [3.63, 3.8) is 0 Å². The Hall–Kier alpha value is -2.67. The zero-order valence-corrected chi connectivity index (χ0v) is 15.3. The number of carbonyl (C=O) groups is 1. The Labute approximate surface area is 157 Å². The van der Waals surface area contributed by atoms with Crippen molar-refractivity contribution in [2.75, 3.05) is 26.7 Å². The second-order valence-electron chi connectivity index (χ2n) is 7.23. The molecule has 27 heavy (non-hydrogen) atoms. The zero-order valence-electron chi connectivity index (χ0n) is 15.3. The fourth-order valence-corrected chi connectivity index (χ4v) is 4.05. The third-order valence-corrected chi connectivity index (χ3v) is 5.43. The molecule has 3 saturated heterocycles. The number of piperidine rings is 1. The molecule has 5 heterocycles. The number of hydrogen-bond acceptors (Lipinski definition) is 6. The van der Waals surface area contributed by atoms with Crippen molar-refractivity contribution in [2.45, 2.75) is 25.4 Å². The van der Waals surface area contributed by atoms with Gasteiger partial charge in [-0.1, -0.05) is 6.07 Å². The maximum absolute atomic E-state index is 12.9. The van der Waals surface area contributed by atoms with Gasteiger partial charge in [0.05, 0.1) is 12.8 Å². The number of aromatic nitrogens is 1. The van der Waals surface area contributed by atoms with E-state index in [0.717, 1.165) is 31.6 Å². The fourth-order valence-electron chi connectivity index (χ4n) is 4.05. The van der Waals surface area contributed by atoms with Crippen LogP contribution < -0.4 is 10.2 Å². The molecular formula is C20H23N3O4. The minimum Gasteiger partial charge on any atom is -0.490 e. The molecule has 0 aromatic carbocycles. The molecule has 5 rings (SSSR count). The van der Waals surface area contributed by atoms with Crippen LogP contribution in [0.1, 0.15) is 29.1 Å².